The van der Waals surface area contributed by atoms with Gasteiger partial charge >= 0.3 is 0 Å². The summed E-state index contributed by atoms with van der Waals surface area (Å²) in [7, 11) is -2.92. The number of hydrogen-bond acceptors (Lipinski definition) is 1. The van der Waals surface area contributed by atoms with Crippen molar-refractivity contribution < 1.29 is 19.2 Å². The largest absolute Gasteiger partial charge is 0.337 e. The Hall–Kier alpha value is -5.64. The molecule has 0 amide bonds. The monoisotopic (exact) mass is 714 g/mol. The minimum atomic E-state index is -3.76. The van der Waals surface area contributed by atoms with E-state index in [1.807, 2.05) is 42.5 Å². The van der Waals surface area contributed by atoms with E-state index >= 15 is 0 Å². The van der Waals surface area contributed by atoms with Gasteiger partial charge in [-0.25, -0.2) is 0 Å². The molecule has 2 unspecified atom stereocenters. The quantitative estimate of drug-likeness (QED) is 0.123. The van der Waals surface area contributed by atoms with Gasteiger partial charge in [0, 0.05) is 46.4 Å². The summed E-state index contributed by atoms with van der Waals surface area (Å²) in [5, 5.41) is 6.15. The summed E-state index contributed by atoms with van der Waals surface area (Å²) < 4.78 is 130. The number of nitrogens with zero attached hydrogens (tertiary/aromatic N) is 2. The van der Waals surface area contributed by atoms with Crippen LogP contribution >= 0.6 is 0 Å². The van der Waals surface area contributed by atoms with Crippen molar-refractivity contribution in [3.8, 4) is 5.69 Å². The van der Waals surface area contributed by atoms with E-state index in [0.29, 0.717) is 10.9 Å². The first-order chi connectivity index (χ1) is 31.6. The summed E-state index contributed by atoms with van der Waals surface area (Å²) in [6.07, 6.45) is -14.9. The van der Waals surface area contributed by atoms with E-state index in [-0.39, 0.29) is 5.69 Å². The van der Waals surface area contributed by atoms with Gasteiger partial charge in [-0.15, -0.1) is 0 Å². The molecule has 1 fully saturated rings. The molecule has 2 nitrogen and oxygen atoms in total. The van der Waals surface area contributed by atoms with Crippen molar-refractivity contribution in [1.29, 1.82) is 0 Å². The second-order valence-electron chi connectivity index (χ2n) is 13.6. The Morgan fingerprint density at radius 2 is 1.17 bits per heavy atom. The second-order valence-corrected chi connectivity index (χ2v) is 17.5. The van der Waals surface area contributed by atoms with Gasteiger partial charge in [0.2, 0.25) is 0 Å². The van der Waals surface area contributed by atoms with Crippen LogP contribution in [-0.4, -0.2) is 18.7 Å². The van der Waals surface area contributed by atoms with E-state index in [4.69, 9.17) is 13.7 Å². The van der Waals surface area contributed by atoms with E-state index < -0.39 is 80.9 Å². The fourth-order valence-electron chi connectivity index (χ4n) is 8.61. The lowest BCUT2D eigenvalue weighted by Crippen LogP contribution is -2.74. The van der Waals surface area contributed by atoms with Crippen LogP contribution < -0.4 is 25.6 Å². The van der Waals surface area contributed by atoms with E-state index in [2.05, 4.69) is 103 Å². The van der Waals surface area contributed by atoms with Crippen molar-refractivity contribution >= 4 is 62.0 Å². The topological polar surface area (TPSA) is 8.17 Å². The SMILES string of the molecule is [2H]c1c([2H])c([2H])c2c(c1[2H])N(c1ccc3c(c1)c1ccccc1n3-c1c(C)cc([Si](c3ccccc3)(c3ccccc3)c3ccccc3)cc1C)C1([2H])C([2H])([2H])C([2H])([2H])C([2H])([2H])C([2H])([2H])C21[2H]. The van der Waals surface area contributed by atoms with Crippen molar-refractivity contribution in [3.63, 3.8) is 0 Å². The molecule has 0 bridgehead atoms. The summed E-state index contributed by atoms with van der Waals surface area (Å²) in [5.41, 5.74) is 2.84. The summed E-state index contributed by atoms with van der Waals surface area (Å²) in [5.74, 6) is -3.44. The van der Waals surface area contributed by atoms with Crippen LogP contribution in [0.3, 0.4) is 0 Å². The maximum atomic E-state index is 10.1. The van der Waals surface area contributed by atoms with Gasteiger partial charge in [0.1, 0.15) is 0 Å². The number of benzene rings is 7. The fraction of sp³-hybridized carbons (Fsp3) is 0.160. The Balaban J connectivity index is 1.24. The van der Waals surface area contributed by atoms with Crippen molar-refractivity contribution in [2.45, 2.75) is 51.3 Å². The molecular weight excluding hydrogens is 657 g/mol. The van der Waals surface area contributed by atoms with E-state index in [0.717, 1.165) is 32.6 Å². The number of fused-ring (bicyclic) bond motifs is 6. The zero-order chi connectivity index (χ0) is 48.0. The Morgan fingerprint density at radius 3 is 1.83 bits per heavy atom. The highest BCUT2D eigenvalue weighted by molar-refractivity contribution is 7.19. The zero-order valence-electron chi connectivity index (χ0n) is 43.3. The van der Waals surface area contributed by atoms with Gasteiger partial charge in [0.15, 0.2) is 8.07 Å². The number of para-hydroxylation sites is 2. The van der Waals surface area contributed by atoms with Gasteiger partial charge in [-0.3, -0.25) is 0 Å². The average molecular weight is 715 g/mol. The highest BCUT2D eigenvalue weighted by atomic mass is 28.3. The molecular formula is C50H44N2Si. The molecule has 53 heavy (non-hydrogen) atoms. The average Bonchev–Trinajstić information content (AvgIpc) is 3.75. The summed E-state index contributed by atoms with van der Waals surface area (Å²) in [4.78, 5) is 0.815. The third kappa shape index (κ3) is 4.91. The lowest BCUT2D eigenvalue weighted by atomic mass is 9.82. The Morgan fingerprint density at radius 1 is 0.604 bits per heavy atom. The van der Waals surface area contributed by atoms with Crippen molar-refractivity contribution in [3.05, 3.63) is 186 Å². The molecule has 0 N–H and O–H groups in total. The van der Waals surface area contributed by atoms with Gasteiger partial charge in [-0.05, 0) is 94.3 Å². The molecule has 258 valence electrons. The van der Waals surface area contributed by atoms with Crippen molar-refractivity contribution in [2.24, 2.45) is 0 Å². The third-order valence-corrected chi connectivity index (χ3v) is 15.5. The smallest absolute Gasteiger partial charge is 0.179 e. The van der Waals surface area contributed by atoms with Crippen LogP contribution in [0.25, 0.3) is 27.5 Å². The molecule has 1 aromatic heterocycles. The van der Waals surface area contributed by atoms with Crippen LogP contribution in [0.2, 0.25) is 0 Å². The van der Waals surface area contributed by atoms with Crippen molar-refractivity contribution in [2.75, 3.05) is 4.90 Å². The van der Waals surface area contributed by atoms with E-state index in [1.165, 1.54) is 26.8 Å². The minimum Gasteiger partial charge on any atom is -0.337 e. The summed E-state index contributed by atoms with van der Waals surface area (Å²) in [6.45, 7) is 4.16. The Kier molecular flexibility index (Phi) is 4.96. The standard InChI is InChI=1S/C50H44N2Si/c1-35-32-41(53(38-18-6-3-7-19-38,39-20-8-4-9-21-39)40-22-10-5-11-23-40)33-36(2)50(35)52-48-29-17-14-26-44(48)45-34-37(30-31-49(45)52)51-46-27-15-12-24-42(46)43-25-13-16-28-47(43)51/h3-12,14-15,17-24,26-27,29-34,43,47H,13,16,25,28H2,1-2H3/i12D,13D2,15D,16D2,24D,25D2,27D,28D2,43D,47D. The molecule has 0 radical (unpaired) electrons. The first-order valence-electron chi connectivity index (χ1n) is 24.8. The Bertz CT molecular complexity index is 3210. The highest BCUT2D eigenvalue weighted by Gasteiger charge is 2.42. The predicted molar refractivity (Wildman–Crippen MR) is 227 cm³/mol. The van der Waals surface area contributed by atoms with Crippen LogP contribution in [0.5, 0.6) is 0 Å². The minimum absolute atomic E-state index is 0.0723. The fourth-order valence-corrected chi connectivity index (χ4v) is 13.6. The Labute approximate surface area is 333 Å². The molecule has 0 spiro atoms. The molecule has 0 saturated heterocycles. The normalized spacial score (nSPS) is 27.3. The first-order valence-corrected chi connectivity index (χ1v) is 19.8. The molecule has 1 aliphatic carbocycles. The summed E-state index contributed by atoms with van der Waals surface area (Å²) in [6, 6.07) is 42.0. The molecule has 3 heteroatoms. The molecule has 7 aromatic carbocycles. The van der Waals surface area contributed by atoms with Gasteiger partial charge in [0.05, 0.1) is 23.6 Å². The van der Waals surface area contributed by atoms with Crippen molar-refractivity contribution in [1.82, 2.24) is 4.57 Å². The van der Waals surface area contributed by atoms with Gasteiger partial charge < -0.3 is 9.47 Å². The maximum absolute atomic E-state index is 10.1. The lowest BCUT2D eigenvalue weighted by Gasteiger charge is -2.35. The third-order valence-electron chi connectivity index (χ3n) is 10.7. The highest BCUT2D eigenvalue weighted by Crippen LogP contribution is 2.51. The molecule has 8 aromatic rings. The van der Waals surface area contributed by atoms with Gasteiger partial charge in [-0.2, -0.15) is 0 Å². The molecule has 1 saturated carbocycles. The first kappa shape index (κ1) is 20.6. The molecule has 1 aliphatic heterocycles. The number of anilines is 2. The molecule has 2 heterocycles. The van der Waals surface area contributed by atoms with Crippen LogP contribution in [0.1, 0.15) is 67.3 Å². The van der Waals surface area contributed by atoms with E-state index in [1.54, 1.807) is 12.1 Å². The number of aromatic nitrogens is 1. The maximum Gasteiger partial charge on any atom is 0.179 e. The van der Waals surface area contributed by atoms with E-state index in [9.17, 15) is 5.48 Å². The van der Waals surface area contributed by atoms with Gasteiger partial charge in [0.25, 0.3) is 0 Å². The van der Waals surface area contributed by atoms with Crippen LogP contribution in [0.4, 0.5) is 11.4 Å². The second kappa shape index (κ2) is 12.8. The summed E-state index contributed by atoms with van der Waals surface area (Å²) >= 11 is 0. The number of rotatable bonds is 6. The lowest BCUT2D eigenvalue weighted by molar-refractivity contribution is 0.402. The van der Waals surface area contributed by atoms with Crippen LogP contribution in [0.15, 0.2) is 170 Å². The van der Waals surface area contributed by atoms with Crippen LogP contribution in [0, 0.1) is 13.8 Å². The number of aryl methyl sites for hydroxylation is 2. The molecule has 2 atom stereocenters. The van der Waals surface area contributed by atoms with Gasteiger partial charge in [-0.1, -0.05) is 152 Å². The molecule has 10 rings (SSSR count). The zero-order valence-corrected chi connectivity index (χ0v) is 30.3. The predicted octanol–water partition coefficient (Wildman–Crippen LogP) is 9.96. The van der Waals surface area contributed by atoms with Crippen LogP contribution in [-0.2, 0) is 0 Å². The number of hydrogen-bond donors (Lipinski definition) is 0. The molecule has 2 aliphatic rings.